The van der Waals surface area contributed by atoms with Crippen molar-refractivity contribution in [2.75, 3.05) is 7.11 Å². The molecule has 0 aromatic rings. The van der Waals surface area contributed by atoms with Crippen molar-refractivity contribution in [3.63, 3.8) is 0 Å². The van der Waals surface area contributed by atoms with Crippen molar-refractivity contribution in [2.45, 2.75) is 84.0 Å². The van der Waals surface area contributed by atoms with Gasteiger partial charge in [0.25, 0.3) is 0 Å². The second-order valence-electron chi connectivity index (χ2n) is 5.35. The highest BCUT2D eigenvalue weighted by Gasteiger charge is 1.98. The van der Waals surface area contributed by atoms with Crippen LogP contribution in [0.2, 0.25) is 0 Å². The van der Waals surface area contributed by atoms with E-state index in [9.17, 15) is 4.79 Å². The third-order valence-corrected chi connectivity index (χ3v) is 3.34. The highest BCUT2D eigenvalue weighted by molar-refractivity contribution is 5.68. The van der Waals surface area contributed by atoms with Gasteiger partial charge in [-0.05, 0) is 25.7 Å². The molecule has 0 amide bonds. The Morgan fingerprint density at radius 3 is 2.24 bits per heavy atom. The molecule has 0 N–H and O–H groups in total. The smallest absolute Gasteiger partial charge is 0.305 e. The molecule has 0 atom stereocenters. The fourth-order valence-corrected chi connectivity index (χ4v) is 2.03. The van der Waals surface area contributed by atoms with Gasteiger partial charge in [0.15, 0.2) is 0 Å². The summed E-state index contributed by atoms with van der Waals surface area (Å²) in [6, 6.07) is 0. The van der Waals surface area contributed by atoms with Gasteiger partial charge >= 0.3 is 5.97 Å². The maximum atomic E-state index is 10.9. The third kappa shape index (κ3) is 16.7. The Kier molecular flexibility index (Phi) is 15.8. The number of esters is 1. The van der Waals surface area contributed by atoms with E-state index in [0.29, 0.717) is 6.42 Å². The number of carbonyl (C=O) groups is 1. The maximum absolute atomic E-state index is 10.9. The van der Waals surface area contributed by atoms with Gasteiger partial charge in [0, 0.05) is 19.3 Å². The third-order valence-electron chi connectivity index (χ3n) is 3.34. The van der Waals surface area contributed by atoms with Crippen LogP contribution in [-0.4, -0.2) is 13.1 Å². The molecule has 0 aliphatic heterocycles. The van der Waals surface area contributed by atoms with Crippen LogP contribution in [0.4, 0.5) is 0 Å². The first-order chi connectivity index (χ1) is 10.3. The van der Waals surface area contributed by atoms with Crippen LogP contribution in [0.15, 0.2) is 12.2 Å². The van der Waals surface area contributed by atoms with E-state index in [0.717, 1.165) is 32.1 Å². The van der Waals surface area contributed by atoms with Crippen molar-refractivity contribution in [3.8, 4) is 11.8 Å². The van der Waals surface area contributed by atoms with Crippen LogP contribution < -0.4 is 0 Å². The molecule has 0 aromatic heterocycles. The lowest BCUT2D eigenvalue weighted by Crippen LogP contribution is -1.99. The van der Waals surface area contributed by atoms with Gasteiger partial charge in [-0.15, -0.1) is 11.8 Å². The maximum Gasteiger partial charge on any atom is 0.305 e. The highest BCUT2D eigenvalue weighted by atomic mass is 16.5. The van der Waals surface area contributed by atoms with Crippen LogP contribution in [0.5, 0.6) is 0 Å². The summed E-state index contributed by atoms with van der Waals surface area (Å²) >= 11 is 0. The number of allylic oxidation sites excluding steroid dienone is 2. The van der Waals surface area contributed by atoms with Crippen LogP contribution in [0.25, 0.3) is 0 Å². The summed E-state index contributed by atoms with van der Waals surface area (Å²) in [4.78, 5) is 10.9. The summed E-state index contributed by atoms with van der Waals surface area (Å²) in [5.74, 6) is 6.41. The summed E-state index contributed by atoms with van der Waals surface area (Å²) in [5.41, 5.74) is 0. The summed E-state index contributed by atoms with van der Waals surface area (Å²) in [5, 5.41) is 0. The first kappa shape index (κ1) is 19.8. The van der Waals surface area contributed by atoms with Gasteiger partial charge in [-0.3, -0.25) is 4.79 Å². The van der Waals surface area contributed by atoms with Crippen molar-refractivity contribution in [1.82, 2.24) is 0 Å². The van der Waals surface area contributed by atoms with Gasteiger partial charge in [-0.25, -0.2) is 0 Å². The number of carbonyl (C=O) groups excluding carboxylic acids is 1. The normalized spacial score (nSPS) is 10.4. The van der Waals surface area contributed by atoms with E-state index < -0.39 is 0 Å². The summed E-state index contributed by atoms with van der Waals surface area (Å²) in [7, 11) is 1.45. The fraction of sp³-hybridized carbons (Fsp3) is 0.737. The van der Waals surface area contributed by atoms with Crippen molar-refractivity contribution in [1.29, 1.82) is 0 Å². The Hall–Kier alpha value is -1.23. The van der Waals surface area contributed by atoms with Gasteiger partial charge in [0.05, 0.1) is 7.11 Å². The van der Waals surface area contributed by atoms with E-state index in [-0.39, 0.29) is 5.97 Å². The van der Waals surface area contributed by atoms with Crippen LogP contribution in [0, 0.1) is 11.8 Å². The molecule has 0 spiro atoms. The van der Waals surface area contributed by atoms with Crippen LogP contribution in [0.1, 0.15) is 84.0 Å². The lowest BCUT2D eigenvalue weighted by molar-refractivity contribution is -0.140. The zero-order valence-electron chi connectivity index (χ0n) is 14.0. The molecule has 0 rings (SSSR count). The number of methoxy groups -OCH3 is 1. The Labute approximate surface area is 131 Å². The molecule has 21 heavy (non-hydrogen) atoms. The largest absolute Gasteiger partial charge is 0.469 e. The van der Waals surface area contributed by atoms with E-state index in [1.807, 2.05) is 0 Å². The minimum Gasteiger partial charge on any atom is -0.469 e. The Bertz CT molecular complexity index is 320. The SMILES string of the molecule is CCC/C=C\CCC#CCCCCCCCCC(=O)OC. The standard InChI is InChI=1S/C19H32O2/c1-3-4-5-6-7-8-9-10-11-12-13-14-15-16-17-18-19(20)21-2/h5-6H,3-4,7-8,11-18H2,1-2H3/b6-5-. The average molecular weight is 292 g/mol. The molecule has 2 heteroatoms. The molecule has 0 saturated heterocycles. The summed E-state index contributed by atoms with van der Waals surface area (Å²) in [6.45, 7) is 2.20. The van der Waals surface area contributed by atoms with Gasteiger partial charge in [-0.2, -0.15) is 0 Å². The van der Waals surface area contributed by atoms with E-state index in [2.05, 4.69) is 35.7 Å². The van der Waals surface area contributed by atoms with Crippen LogP contribution >= 0.6 is 0 Å². The van der Waals surface area contributed by atoms with E-state index in [4.69, 9.17) is 0 Å². The van der Waals surface area contributed by atoms with E-state index in [1.165, 1.54) is 45.6 Å². The number of hydrogen-bond acceptors (Lipinski definition) is 2. The molecular weight excluding hydrogens is 260 g/mol. The van der Waals surface area contributed by atoms with Crippen molar-refractivity contribution in [3.05, 3.63) is 12.2 Å². The molecule has 0 radical (unpaired) electrons. The zero-order valence-corrected chi connectivity index (χ0v) is 14.0. The van der Waals surface area contributed by atoms with Crippen LogP contribution in [-0.2, 0) is 9.53 Å². The first-order valence-corrected chi connectivity index (χ1v) is 8.48. The quantitative estimate of drug-likeness (QED) is 0.208. The Balaban J connectivity index is 3.20. The Morgan fingerprint density at radius 1 is 0.905 bits per heavy atom. The van der Waals surface area contributed by atoms with Gasteiger partial charge in [0.1, 0.15) is 0 Å². The first-order valence-electron chi connectivity index (χ1n) is 8.48. The van der Waals surface area contributed by atoms with E-state index >= 15 is 0 Å². The molecule has 0 unspecified atom stereocenters. The molecule has 2 nitrogen and oxygen atoms in total. The molecule has 0 saturated carbocycles. The molecular formula is C19H32O2. The number of rotatable bonds is 12. The zero-order chi connectivity index (χ0) is 15.6. The minimum absolute atomic E-state index is 0.0881. The minimum atomic E-state index is -0.0881. The second-order valence-corrected chi connectivity index (χ2v) is 5.35. The number of hydrogen-bond donors (Lipinski definition) is 0. The molecule has 0 aliphatic rings. The van der Waals surface area contributed by atoms with Gasteiger partial charge in [-0.1, -0.05) is 51.2 Å². The topological polar surface area (TPSA) is 26.3 Å². The van der Waals surface area contributed by atoms with Crippen molar-refractivity contribution in [2.24, 2.45) is 0 Å². The molecule has 0 bridgehead atoms. The number of ether oxygens (including phenoxy) is 1. The average Bonchev–Trinajstić information content (AvgIpc) is 2.50. The predicted octanol–water partition coefficient (Wildman–Crippen LogP) is 5.42. The summed E-state index contributed by atoms with van der Waals surface area (Å²) < 4.78 is 4.61. The van der Waals surface area contributed by atoms with Crippen molar-refractivity contribution >= 4 is 5.97 Å². The summed E-state index contributed by atoms with van der Waals surface area (Å²) in [6.07, 6.45) is 17.6. The molecule has 0 aromatic carbocycles. The fourth-order valence-electron chi connectivity index (χ4n) is 2.03. The molecule has 0 heterocycles. The lowest BCUT2D eigenvalue weighted by Gasteiger charge is -2.00. The van der Waals surface area contributed by atoms with Gasteiger partial charge in [0.2, 0.25) is 0 Å². The van der Waals surface area contributed by atoms with Crippen molar-refractivity contribution < 1.29 is 9.53 Å². The monoisotopic (exact) mass is 292 g/mol. The molecule has 120 valence electrons. The predicted molar refractivity (Wildman–Crippen MR) is 90.0 cm³/mol. The molecule has 0 aliphatic carbocycles. The Morgan fingerprint density at radius 2 is 1.52 bits per heavy atom. The van der Waals surface area contributed by atoms with E-state index in [1.54, 1.807) is 0 Å². The van der Waals surface area contributed by atoms with Gasteiger partial charge < -0.3 is 4.74 Å². The molecule has 0 fully saturated rings. The lowest BCUT2D eigenvalue weighted by atomic mass is 10.1. The number of unbranched alkanes of at least 4 members (excludes halogenated alkanes) is 8. The van der Waals surface area contributed by atoms with Crippen LogP contribution in [0.3, 0.4) is 0 Å². The second kappa shape index (κ2) is 16.8. The highest BCUT2D eigenvalue weighted by Crippen LogP contribution is 2.08.